The third-order valence-corrected chi connectivity index (χ3v) is 2.49. The van der Waals surface area contributed by atoms with Crippen LogP contribution in [0.2, 0.25) is 0 Å². The first-order chi connectivity index (χ1) is 6.77. The Hall–Kier alpha value is -1.16. The van der Waals surface area contributed by atoms with Crippen LogP contribution in [0.3, 0.4) is 0 Å². The van der Waals surface area contributed by atoms with Crippen molar-refractivity contribution in [2.75, 3.05) is 25.5 Å². The van der Waals surface area contributed by atoms with Crippen molar-refractivity contribution in [3.63, 3.8) is 0 Å². The molecule has 4 nitrogen and oxygen atoms in total. The molecule has 1 aromatic rings. The van der Waals surface area contributed by atoms with Gasteiger partial charge in [0, 0.05) is 20.3 Å². The fourth-order valence-electron chi connectivity index (χ4n) is 1.69. The van der Waals surface area contributed by atoms with Crippen molar-refractivity contribution in [3.8, 4) is 0 Å². The first-order valence-electron chi connectivity index (χ1n) is 5.01. The second kappa shape index (κ2) is 3.92. The van der Waals surface area contributed by atoms with Gasteiger partial charge >= 0.3 is 0 Å². The molecule has 0 aromatic carbocycles. The molecule has 1 aliphatic rings. The van der Waals surface area contributed by atoms with Crippen molar-refractivity contribution in [1.82, 2.24) is 15.3 Å². The summed E-state index contributed by atoms with van der Waals surface area (Å²) >= 11 is 0. The van der Waals surface area contributed by atoms with Gasteiger partial charge in [-0.3, -0.25) is 0 Å². The minimum absolute atomic E-state index is 0.356. The Morgan fingerprint density at radius 2 is 2.36 bits per heavy atom. The van der Waals surface area contributed by atoms with Crippen molar-refractivity contribution in [1.29, 1.82) is 0 Å². The van der Waals surface area contributed by atoms with E-state index in [0.29, 0.717) is 6.04 Å². The van der Waals surface area contributed by atoms with E-state index in [1.54, 1.807) is 0 Å². The molecular formula is C10H16N4. The third kappa shape index (κ3) is 1.85. The molecule has 0 aliphatic carbocycles. The molecule has 4 heteroatoms. The maximum absolute atomic E-state index is 4.51. The van der Waals surface area contributed by atoms with E-state index in [9.17, 15) is 0 Å². The summed E-state index contributed by atoms with van der Waals surface area (Å²) in [6.45, 7) is 1.08. The molecule has 1 fully saturated rings. The summed E-state index contributed by atoms with van der Waals surface area (Å²) in [5.41, 5.74) is 0. The molecule has 0 amide bonds. The van der Waals surface area contributed by atoms with E-state index in [1.165, 1.54) is 6.42 Å². The number of nitrogens with one attached hydrogen (secondary N) is 1. The van der Waals surface area contributed by atoms with Gasteiger partial charge in [-0.05, 0) is 25.5 Å². The first kappa shape index (κ1) is 9.40. The minimum atomic E-state index is 0.356. The molecule has 2 heterocycles. The number of nitrogens with zero attached hydrogens (tertiary/aromatic N) is 3. The fraction of sp³-hybridized carbons (Fsp3) is 0.600. The lowest BCUT2D eigenvalue weighted by atomic mass is 10.2. The summed E-state index contributed by atoms with van der Waals surface area (Å²) in [6.07, 6.45) is 4.20. The van der Waals surface area contributed by atoms with Crippen molar-refractivity contribution < 1.29 is 0 Å². The molecule has 1 aromatic heterocycles. The van der Waals surface area contributed by atoms with Crippen LogP contribution in [0.15, 0.2) is 12.3 Å². The van der Waals surface area contributed by atoms with E-state index in [1.807, 2.05) is 31.3 Å². The van der Waals surface area contributed by atoms with Crippen LogP contribution in [-0.4, -0.2) is 30.6 Å². The molecule has 2 rings (SSSR count). The highest BCUT2D eigenvalue weighted by molar-refractivity contribution is 5.35. The molecule has 14 heavy (non-hydrogen) atoms. The molecule has 0 saturated carbocycles. The van der Waals surface area contributed by atoms with Gasteiger partial charge in [-0.1, -0.05) is 0 Å². The second-order valence-corrected chi connectivity index (χ2v) is 3.82. The molecule has 0 bridgehead atoms. The Morgan fingerprint density at radius 3 is 3.00 bits per heavy atom. The highest BCUT2D eigenvalue weighted by Crippen LogP contribution is 2.20. The highest BCUT2D eigenvalue weighted by Gasteiger charge is 2.18. The predicted octanol–water partition coefficient (Wildman–Crippen LogP) is 0.967. The molecule has 0 unspecified atom stereocenters. The van der Waals surface area contributed by atoms with Crippen molar-refractivity contribution >= 4 is 5.82 Å². The molecule has 1 aliphatic heterocycles. The zero-order chi connectivity index (χ0) is 9.97. The molecule has 76 valence electrons. The van der Waals surface area contributed by atoms with Gasteiger partial charge in [-0.2, -0.15) is 0 Å². The monoisotopic (exact) mass is 192 g/mol. The van der Waals surface area contributed by atoms with Gasteiger partial charge in [0.2, 0.25) is 0 Å². The number of anilines is 1. The maximum atomic E-state index is 4.51. The lowest BCUT2D eigenvalue weighted by Gasteiger charge is -2.14. The molecule has 0 radical (unpaired) electrons. The van der Waals surface area contributed by atoms with Crippen LogP contribution < -0.4 is 10.2 Å². The summed E-state index contributed by atoms with van der Waals surface area (Å²) in [5.74, 6) is 1.90. The molecule has 0 spiro atoms. The van der Waals surface area contributed by atoms with Crippen LogP contribution in [0.25, 0.3) is 0 Å². The van der Waals surface area contributed by atoms with Gasteiger partial charge in [0.1, 0.15) is 11.6 Å². The number of hydrogen-bond acceptors (Lipinski definition) is 4. The topological polar surface area (TPSA) is 41.1 Å². The zero-order valence-corrected chi connectivity index (χ0v) is 8.70. The molecular weight excluding hydrogens is 176 g/mol. The van der Waals surface area contributed by atoms with Crippen LogP contribution in [0.5, 0.6) is 0 Å². The van der Waals surface area contributed by atoms with E-state index in [-0.39, 0.29) is 0 Å². The van der Waals surface area contributed by atoms with Gasteiger partial charge < -0.3 is 10.2 Å². The van der Waals surface area contributed by atoms with Gasteiger partial charge in [0.25, 0.3) is 0 Å². The van der Waals surface area contributed by atoms with Crippen molar-refractivity contribution in [3.05, 3.63) is 18.1 Å². The average molecular weight is 192 g/mol. The third-order valence-electron chi connectivity index (χ3n) is 2.49. The fourth-order valence-corrected chi connectivity index (χ4v) is 1.69. The van der Waals surface area contributed by atoms with E-state index >= 15 is 0 Å². The highest BCUT2D eigenvalue weighted by atomic mass is 15.2. The summed E-state index contributed by atoms with van der Waals surface area (Å²) in [4.78, 5) is 10.8. The lowest BCUT2D eigenvalue weighted by Crippen LogP contribution is -2.18. The summed E-state index contributed by atoms with van der Waals surface area (Å²) < 4.78 is 0. The normalized spacial score (nSPS) is 21.1. The summed E-state index contributed by atoms with van der Waals surface area (Å²) in [5, 5.41) is 3.40. The molecule has 1 N–H and O–H groups in total. The predicted molar refractivity (Wildman–Crippen MR) is 56.3 cm³/mol. The summed E-state index contributed by atoms with van der Waals surface area (Å²) in [6, 6.07) is 2.29. The van der Waals surface area contributed by atoms with Crippen LogP contribution >= 0.6 is 0 Å². The lowest BCUT2D eigenvalue weighted by molar-refractivity contribution is 0.604. The minimum Gasteiger partial charge on any atom is -0.363 e. The standard InChI is InChI=1S/C10H16N4/c1-14(2)9-5-7-12-10(13-9)8-4-3-6-11-8/h5,7-8,11H,3-4,6H2,1-2H3/t8-/m1/s1. The van der Waals surface area contributed by atoms with Gasteiger partial charge in [-0.25, -0.2) is 9.97 Å². The largest absolute Gasteiger partial charge is 0.363 e. The van der Waals surface area contributed by atoms with Gasteiger partial charge in [0.15, 0.2) is 0 Å². The number of rotatable bonds is 2. The quantitative estimate of drug-likeness (QED) is 0.758. The van der Waals surface area contributed by atoms with Gasteiger partial charge in [-0.15, -0.1) is 0 Å². The Morgan fingerprint density at radius 1 is 1.50 bits per heavy atom. The Kier molecular flexibility index (Phi) is 2.63. The molecule has 1 atom stereocenters. The molecule has 1 saturated heterocycles. The van der Waals surface area contributed by atoms with Crippen LogP contribution in [0.1, 0.15) is 24.7 Å². The van der Waals surface area contributed by atoms with E-state index < -0.39 is 0 Å². The van der Waals surface area contributed by atoms with Crippen molar-refractivity contribution in [2.24, 2.45) is 0 Å². The van der Waals surface area contributed by atoms with Gasteiger partial charge in [0.05, 0.1) is 6.04 Å². The zero-order valence-electron chi connectivity index (χ0n) is 8.70. The van der Waals surface area contributed by atoms with E-state index in [0.717, 1.165) is 24.6 Å². The number of aromatic nitrogens is 2. The summed E-state index contributed by atoms with van der Waals surface area (Å²) in [7, 11) is 3.99. The van der Waals surface area contributed by atoms with E-state index in [2.05, 4.69) is 15.3 Å². The Labute approximate surface area is 84.4 Å². The SMILES string of the molecule is CN(C)c1ccnc([C@H]2CCCN2)n1. The first-order valence-corrected chi connectivity index (χ1v) is 5.01. The van der Waals surface area contributed by atoms with Crippen molar-refractivity contribution in [2.45, 2.75) is 18.9 Å². The Balaban J connectivity index is 2.21. The smallest absolute Gasteiger partial charge is 0.147 e. The van der Waals surface area contributed by atoms with E-state index in [4.69, 9.17) is 0 Å². The average Bonchev–Trinajstić information content (AvgIpc) is 2.71. The number of hydrogen-bond donors (Lipinski definition) is 1. The second-order valence-electron chi connectivity index (χ2n) is 3.82. The van der Waals surface area contributed by atoms with Crippen LogP contribution in [-0.2, 0) is 0 Å². The van der Waals surface area contributed by atoms with Crippen LogP contribution in [0.4, 0.5) is 5.82 Å². The maximum Gasteiger partial charge on any atom is 0.147 e. The Bertz CT molecular complexity index is 305. The van der Waals surface area contributed by atoms with Crippen LogP contribution in [0, 0.1) is 0 Å².